The number of rotatable bonds is 4. The summed E-state index contributed by atoms with van der Waals surface area (Å²) in [4.78, 5) is 0. The van der Waals surface area contributed by atoms with Gasteiger partial charge in [-0.25, -0.2) is 0 Å². The van der Waals surface area contributed by atoms with Gasteiger partial charge in [0.05, 0.1) is 5.92 Å². The topological polar surface area (TPSA) is 12.0 Å². The van der Waals surface area contributed by atoms with Crippen LogP contribution < -0.4 is 5.32 Å². The first-order valence-electron chi connectivity index (χ1n) is 6.70. The fraction of sp³-hybridized carbons (Fsp3) is 0.857. The van der Waals surface area contributed by atoms with E-state index < -0.39 is 12.1 Å². The van der Waals surface area contributed by atoms with Crippen LogP contribution in [0.3, 0.4) is 0 Å². The maximum Gasteiger partial charge on any atom is 0.392 e. The Morgan fingerprint density at radius 1 is 1.28 bits per heavy atom. The number of nitrogens with one attached hydrogen (secondary N) is 1. The van der Waals surface area contributed by atoms with Crippen LogP contribution in [0.2, 0.25) is 0 Å². The van der Waals surface area contributed by atoms with Crippen molar-refractivity contribution in [1.29, 1.82) is 0 Å². The summed E-state index contributed by atoms with van der Waals surface area (Å²) in [6.07, 6.45) is -1.03. The van der Waals surface area contributed by atoms with Gasteiger partial charge in [0.25, 0.3) is 0 Å². The molecule has 4 heteroatoms. The maximum absolute atomic E-state index is 13.1. The van der Waals surface area contributed by atoms with Crippen molar-refractivity contribution in [2.75, 3.05) is 6.54 Å². The average Bonchev–Trinajstić information content (AvgIpc) is 2.33. The first-order valence-corrected chi connectivity index (χ1v) is 6.70. The lowest BCUT2D eigenvalue weighted by atomic mass is 9.74. The summed E-state index contributed by atoms with van der Waals surface area (Å²) in [6, 6.07) is -0.130. The van der Waals surface area contributed by atoms with E-state index in [9.17, 15) is 13.2 Å². The van der Waals surface area contributed by atoms with E-state index in [2.05, 4.69) is 17.2 Å². The molecule has 18 heavy (non-hydrogen) atoms. The van der Waals surface area contributed by atoms with Crippen LogP contribution in [0, 0.1) is 23.7 Å². The van der Waals surface area contributed by atoms with Gasteiger partial charge in [-0.05, 0) is 32.2 Å². The number of hydrogen-bond acceptors (Lipinski definition) is 1. The molecule has 1 N–H and O–H groups in total. The summed E-state index contributed by atoms with van der Waals surface area (Å²) in [5.41, 5.74) is 0. The van der Waals surface area contributed by atoms with Gasteiger partial charge in [0, 0.05) is 12.5 Å². The number of alkyl halides is 3. The molecule has 1 saturated carbocycles. The summed E-state index contributed by atoms with van der Waals surface area (Å²) in [5, 5.41) is 3.19. The summed E-state index contributed by atoms with van der Waals surface area (Å²) >= 11 is 0. The minimum Gasteiger partial charge on any atom is -0.313 e. The Balaban J connectivity index is 2.79. The highest BCUT2D eigenvalue weighted by atomic mass is 19.4. The highest BCUT2D eigenvalue weighted by Crippen LogP contribution is 2.43. The van der Waals surface area contributed by atoms with E-state index in [-0.39, 0.29) is 18.4 Å². The van der Waals surface area contributed by atoms with Gasteiger partial charge in [-0.2, -0.15) is 13.2 Å². The lowest BCUT2D eigenvalue weighted by Gasteiger charge is -2.38. The highest BCUT2D eigenvalue weighted by Gasteiger charge is 2.47. The quantitative estimate of drug-likeness (QED) is 0.760. The van der Waals surface area contributed by atoms with Crippen LogP contribution in [-0.2, 0) is 0 Å². The monoisotopic (exact) mass is 261 g/mol. The zero-order valence-corrected chi connectivity index (χ0v) is 11.1. The molecule has 3 atom stereocenters. The molecule has 3 unspecified atom stereocenters. The summed E-state index contributed by atoms with van der Waals surface area (Å²) < 4.78 is 39.2. The predicted octanol–water partition coefficient (Wildman–Crippen LogP) is 3.75. The summed E-state index contributed by atoms with van der Waals surface area (Å²) in [7, 11) is 0. The Kier molecular flexibility index (Phi) is 6.01. The Hall–Kier alpha value is -0.690. The molecule has 0 saturated heterocycles. The number of halogens is 3. The van der Waals surface area contributed by atoms with E-state index in [1.54, 1.807) is 6.92 Å². The Morgan fingerprint density at radius 3 is 2.50 bits per heavy atom. The van der Waals surface area contributed by atoms with E-state index in [1.165, 1.54) is 0 Å². The Bertz CT molecular complexity index is 300. The fourth-order valence-corrected chi connectivity index (χ4v) is 2.90. The second-order valence-electron chi connectivity index (χ2n) is 4.89. The van der Waals surface area contributed by atoms with Crippen molar-refractivity contribution in [3.63, 3.8) is 0 Å². The van der Waals surface area contributed by atoms with Crippen molar-refractivity contribution >= 4 is 0 Å². The molecule has 0 heterocycles. The van der Waals surface area contributed by atoms with Crippen LogP contribution in [0.25, 0.3) is 0 Å². The fourth-order valence-electron chi connectivity index (χ4n) is 2.90. The SMILES string of the molecule is CC#CCC(NCC)C1CCCCC1C(F)(F)F. The molecule has 1 aliphatic rings. The van der Waals surface area contributed by atoms with Crippen LogP contribution in [0.5, 0.6) is 0 Å². The molecule has 104 valence electrons. The predicted molar refractivity (Wildman–Crippen MR) is 67.0 cm³/mol. The minimum atomic E-state index is -4.07. The Labute approximate surface area is 108 Å². The summed E-state index contributed by atoms with van der Waals surface area (Å²) in [6.45, 7) is 4.35. The van der Waals surface area contributed by atoms with Crippen molar-refractivity contribution in [3.8, 4) is 11.8 Å². The maximum atomic E-state index is 13.1. The molecular formula is C14H22F3N. The van der Waals surface area contributed by atoms with Gasteiger partial charge in [-0.3, -0.25) is 0 Å². The number of hydrogen-bond donors (Lipinski definition) is 1. The lowest BCUT2D eigenvalue weighted by Crippen LogP contribution is -2.45. The lowest BCUT2D eigenvalue weighted by molar-refractivity contribution is -0.199. The van der Waals surface area contributed by atoms with Crippen LogP contribution in [0.4, 0.5) is 13.2 Å². The van der Waals surface area contributed by atoms with Gasteiger partial charge in [0.1, 0.15) is 0 Å². The largest absolute Gasteiger partial charge is 0.392 e. The third kappa shape index (κ3) is 4.20. The zero-order valence-electron chi connectivity index (χ0n) is 11.1. The molecule has 0 radical (unpaired) electrons. The van der Waals surface area contributed by atoms with Gasteiger partial charge in [-0.1, -0.05) is 19.8 Å². The van der Waals surface area contributed by atoms with Gasteiger partial charge in [0.2, 0.25) is 0 Å². The molecule has 0 amide bonds. The van der Waals surface area contributed by atoms with E-state index >= 15 is 0 Å². The van der Waals surface area contributed by atoms with E-state index in [0.717, 1.165) is 6.42 Å². The highest BCUT2D eigenvalue weighted by molar-refractivity contribution is 5.01. The van der Waals surface area contributed by atoms with Crippen molar-refractivity contribution in [1.82, 2.24) is 5.32 Å². The molecule has 1 fully saturated rings. The molecule has 0 spiro atoms. The van der Waals surface area contributed by atoms with Gasteiger partial charge in [0.15, 0.2) is 0 Å². The molecular weight excluding hydrogens is 239 g/mol. The molecule has 0 aromatic heterocycles. The van der Waals surface area contributed by atoms with Crippen molar-refractivity contribution in [2.45, 2.75) is 58.2 Å². The third-order valence-corrected chi connectivity index (χ3v) is 3.72. The smallest absolute Gasteiger partial charge is 0.313 e. The molecule has 1 rings (SSSR count). The zero-order chi connectivity index (χ0) is 13.6. The standard InChI is InChI=1S/C14H22F3N/c1-3-5-10-13(18-4-2)11-8-6-7-9-12(11)14(15,16)17/h11-13,18H,4,6-10H2,1-2H3. The molecule has 0 aromatic carbocycles. The van der Waals surface area contributed by atoms with E-state index in [0.29, 0.717) is 25.8 Å². The van der Waals surface area contributed by atoms with Gasteiger partial charge >= 0.3 is 6.18 Å². The van der Waals surface area contributed by atoms with Crippen molar-refractivity contribution < 1.29 is 13.2 Å². The van der Waals surface area contributed by atoms with Crippen LogP contribution in [0.15, 0.2) is 0 Å². The molecule has 0 aromatic rings. The molecule has 0 bridgehead atoms. The van der Waals surface area contributed by atoms with E-state index in [4.69, 9.17) is 0 Å². The average molecular weight is 261 g/mol. The molecule has 1 aliphatic carbocycles. The van der Waals surface area contributed by atoms with Crippen LogP contribution >= 0.6 is 0 Å². The molecule has 0 aliphatic heterocycles. The Morgan fingerprint density at radius 2 is 1.94 bits per heavy atom. The van der Waals surface area contributed by atoms with Crippen LogP contribution in [0.1, 0.15) is 46.0 Å². The third-order valence-electron chi connectivity index (χ3n) is 3.72. The summed E-state index contributed by atoms with van der Waals surface area (Å²) in [5.74, 6) is 4.22. The van der Waals surface area contributed by atoms with Crippen molar-refractivity contribution in [3.05, 3.63) is 0 Å². The van der Waals surface area contributed by atoms with Gasteiger partial charge < -0.3 is 5.32 Å². The van der Waals surface area contributed by atoms with Gasteiger partial charge in [-0.15, -0.1) is 11.8 Å². The second kappa shape index (κ2) is 7.04. The van der Waals surface area contributed by atoms with Crippen molar-refractivity contribution in [2.24, 2.45) is 11.8 Å². The minimum absolute atomic E-state index is 0.130. The normalized spacial score (nSPS) is 26.3. The molecule has 1 nitrogen and oxygen atoms in total. The van der Waals surface area contributed by atoms with E-state index in [1.807, 2.05) is 6.92 Å². The second-order valence-corrected chi connectivity index (χ2v) is 4.89. The first-order chi connectivity index (χ1) is 8.50. The van der Waals surface area contributed by atoms with Crippen LogP contribution in [-0.4, -0.2) is 18.8 Å². The first kappa shape index (κ1) is 15.4.